The summed E-state index contributed by atoms with van der Waals surface area (Å²) in [6.07, 6.45) is 0. The molecule has 0 unspecified atom stereocenters. The Morgan fingerprint density at radius 1 is 1.25 bits per heavy atom. The fraction of sp³-hybridized carbons (Fsp3) is 0.267. The van der Waals surface area contributed by atoms with E-state index < -0.39 is 0 Å². The molecule has 1 heterocycles. The first-order chi connectivity index (χ1) is 9.72. The number of hydrogen-bond acceptors (Lipinski definition) is 4. The summed E-state index contributed by atoms with van der Waals surface area (Å²) >= 11 is 0. The molecule has 3 N–H and O–H groups in total. The van der Waals surface area contributed by atoms with Crippen LogP contribution in [0.2, 0.25) is 0 Å². The van der Waals surface area contributed by atoms with E-state index in [4.69, 9.17) is 5.11 Å². The van der Waals surface area contributed by atoms with Crippen LogP contribution in [0.15, 0.2) is 36.4 Å². The SMILES string of the molecule is COC(=O)c1ccc(CNCc2cccc(CO)c2)[nH]1. The third-order valence-electron chi connectivity index (χ3n) is 2.97. The van der Waals surface area contributed by atoms with Gasteiger partial charge < -0.3 is 20.1 Å². The first-order valence-corrected chi connectivity index (χ1v) is 6.38. The molecule has 0 aliphatic heterocycles. The number of benzene rings is 1. The van der Waals surface area contributed by atoms with Crippen molar-refractivity contribution < 1.29 is 14.6 Å². The van der Waals surface area contributed by atoms with Crippen LogP contribution < -0.4 is 5.32 Å². The zero-order valence-electron chi connectivity index (χ0n) is 11.3. The van der Waals surface area contributed by atoms with Crippen molar-refractivity contribution in [1.82, 2.24) is 10.3 Å². The first-order valence-electron chi connectivity index (χ1n) is 6.38. The lowest BCUT2D eigenvalue weighted by atomic mass is 10.1. The lowest BCUT2D eigenvalue weighted by molar-refractivity contribution is 0.0594. The molecule has 0 aliphatic carbocycles. The summed E-state index contributed by atoms with van der Waals surface area (Å²) in [6.45, 7) is 1.37. The van der Waals surface area contributed by atoms with E-state index in [1.54, 1.807) is 6.07 Å². The Labute approximate surface area is 117 Å². The molecule has 0 aliphatic rings. The summed E-state index contributed by atoms with van der Waals surface area (Å²) in [5.41, 5.74) is 3.38. The standard InChI is InChI=1S/C15H18N2O3/c1-20-15(19)14-6-5-13(17-14)9-16-8-11-3-2-4-12(7-11)10-18/h2-7,16-18H,8-10H2,1H3. The Balaban J connectivity index is 1.86. The van der Waals surface area contributed by atoms with Crippen molar-refractivity contribution in [3.05, 3.63) is 58.9 Å². The zero-order valence-corrected chi connectivity index (χ0v) is 11.3. The van der Waals surface area contributed by atoms with Gasteiger partial charge in [0, 0.05) is 18.8 Å². The van der Waals surface area contributed by atoms with Gasteiger partial charge in [0.05, 0.1) is 13.7 Å². The van der Waals surface area contributed by atoms with E-state index in [1.165, 1.54) is 7.11 Å². The molecule has 0 atom stereocenters. The Hall–Kier alpha value is -2.11. The van der Waals surface area contributed by atoms with Crippen LogP contribution in [0.1, 0.15) is 27.3 Å². The van der Waals surface area contributed by atoms with Gasteiger partial charge in [-0.3, -0.25) is 0 Å². The Kier molecular flexibility index (Phi) is 4.92. The van der Waals surface area contributed by atoms with E-state index in [0.717, 1.165) is 16.8 Å². The molecule has 1 aromatic carbocycles. The van der Waals surface area contributed by atoms with Gasteiger partial charge >= 0.3 is 5.97 Å². The lowest BCUT2D eigenvalue weighted by Gasteiger charge is -2.05. The molecule has 20 heavy (non-hydrogen) atoms. The monoisotopic (exact) mass is 274 g/mol. The van der Waals surface area contributed by atoms with Gasteiger partial charge in [0.15, 0.2) is 0 Å². The predicted octanol–water partition coefficient (Wildman–Crippen LogP) is 1.58. The van der Waals surface area contributed by atoms with Crippen molar-refractivity contribution in [2.24, 2.45) is 0 Å². The molecular weight excluding hydrogens is 256 g/mol. The molecule has 0 spiro atoms. The van der Waals surface area contributed by atoms with Crippen LogP contribution in [-0.4, -0.2) is 23.2 Å². The highest BCUT2D eigenvalue weighted by Gasteiger charge is 2.07. The number of aliphatic hydroxyl groups excluding tert-OH is 1. The fourth-order valence-corrected chi connectivity index (χ4v) is 1.95. The van der Waals surface area contributed by atoms with Crippen LogP contribution in [0.4, 0.5) is 0 Å². The summed E-state index contributed by atoms with van der Waals surface area (Å²) < 4.78 is 4.63. The van der Waals surface area contributed by atoms with Gasteiger partial charge in [-0.05, 0) is 23.3 Å². The number of H-pyrrole nitrogens is 1. The van der Waals surface area contributed by atoms with Crippen molar-refractivity contribution in [2.45, 2.75) is 19.7 Å². The van der Waals surface area contributed by atoms with Gasteiger partial charge in [-0.1, -0.05) is 24.3 Å². The maximum Gasteiger partial charge on any atom is 0.354 e. The largest absolute Gasteiger partial charge is 0.464 e. The van der Waals surface area contributed by atoms with Gasteiger partial charge in [0.2, 0.25) is 0 Å². The average Bonchev–Trinajstić information content (AvgIpc) is 2.95. The molecule has 106 valence electrons. The van der Waals surface area contributed by atoms with Gasteiger partial charge in [0.25, 0.3) is 0 Å². The number of hydrogen-bond donors (Lipinski definition) is 3. The summed E-state index contributed by atoms with van der Waals surface area (Å²) in [4.78, 5) is 14.3. The second-order valence-electron chi connectivity index (χ2n) is 4.47. The van der Waals surface area contributed by atoms with Crippen LogP contribution in [0.5, 0.6) is 0 Å². The summed E-state index contributed by atoms with van der Waals surface area (Å²) in [5, 5.41) is 12.3. The first kappa shape index (κ1) is 14.3. The number of esters is 1. The van der Waals surface area contributed by atoms with E-state index >= 15 is 0 Å². The topological polar surface area (TPSA) is 74.3 Å². The van der Waals surface area contributed by atoms with E-state index in [-0.39, 0.29) is 12.6 Å². The number of aromatic nitrogens is 1. The molecule has 0 amide bonds. The number of methoxy groups -OCH3 is 1. The van der Waals surface area contributed by atoms with E-state index in [0.29, 0.717) is 18.8 Å². The van der Waals surface area contributed by atoms with Gasteiger partial charge in [-0.15, -0.1) is 0 Å². The summed E-state index contributed by atoms with van der Waals surface area (Å²) in [5.74, 6) is -0.369. The van der Waals surface area contributed by atoms with Crippen LogP contribution in [0.25, 0.3) is 0 Å². The normalized spacial score (nSPS) is 10.5. The Morgan fingerprint density at radius 2 is 2.05 bits per heavy atom. The van der Waals surface area contributed by atoms with Crippen LogP contribution in [-0.2, 0) is 24.4 Å². The minimum absolute atomic E-state index is 0.0486. The highest BCUT2D eigenvalue weighted by molar-refractivity contribution is 5.87. The second kappa shape index (κ2) is 6.88. The molecule has 5 nitrogen and oxygen atoms in total. The van der Waals surface area contributed by atoms with Crippen LogP contribution >= 0.6 is 0 Å². The molecule has 0 bridgehead atoms. The maximum absolute atomic E-state index is 11.3. The maximum atomic E-state index is 11.3. The number of ether oxygens (including phenoxy) is 1. The average molecular weight is 274 g/mol. The van der Waals surface area contributed by atoms with Crippen molar-refractivity contribution >= 4 is 5.97 Å². The fourth-order valence-electron chi connectivity index (χ4n) is 1.95. The van der Waals surface area contributed by atoms with Crippen molar-refractivity contribution in [3.8, 4) is 0 Å². The van der Waals surface area contributed by atoms with Crippen LogP contribution in [0, 0.1) is 0 Å². The lowest BCUT2D eigenvalue weighted by Crippen LogP contribution is -2.13. The molecular formula is C15H18N2O3. The number of aliphatic hydroxyl groups is 1. The van der Waals surface area contributed by atoms with Gasteiger partial charge in [-0.25, -0.2) is 4.79 Å². The molecule has 1 aromatic heterocycles. The molecule has 0 radical (unpaired) electrons. The Morgan fingerprint density at radius 3 is 2.80 bits per heavy atom. The third-order valence-corrected chi connectivity index (χ3v) is 2.97. The summed E-state index contributed by atoms with van der Waals surface area (Å²) in [6, 6.07) is 11.3. The van der Waals surface area contributed by atoms with E-state index in [2.05, 4.69) is 15.0 Å². The summed E-state index contributed by atoms with van der Waals surface area (Å²) in [7, 11) is 1.36. The molecule has 0 saturated heterocycles. The van der Waals surface area contributed by atoms with Gasteiger partial charge in [0.1, 0.15) is 5.69 Å². The number of aromatic amines is 1. The van der Waals surface area contributed by atoms with Crippen molar-refractivity contribution in [3.63, 3.8) is 0 Å². The Bertz CT molecular complexity index is 578. The number of carbonyl (C=O) groups excluding carboxylic acids is 1. The minimum atomic E-state index is -0.369. The number of rotatable bonds is 6. The molecule has 2 rings (SSSR count). The van der Waals surface area contributed by atoms with Crippen molar-refractivity contribution in [1.29, 1.82) is 0 Å². The molecule has 2 aromatic rings. The quantitative estimate of drug-likeness (QED) is 0.699. The van der Waals surface area contributed by atoms with Gasteiger partial charge in [-0.2, -0.15) is 0 Å². The zero-order chi connectivity index (χ0) is 14.4. The number of carbonyl (C=O) groups is 1. The number of nitrogens with one attached hydrogen (secondary N) is 2. The second-order valence-corrected chi connectivity index (χ2v) is 4.47. The minimum Gasteiger partial charge on any atom is -0.464 e. The van der Waals surface area contributed by atoms with Crippen molar-refractivity contribution in [2.75, 3.05) is 7.11 Å². The highest BCUT2D eigenvalue weighted by atomic mass is 16.5. The molecule has 0 saturated carbocycles. The smallest absolute Gasteiger partial charge is 0.354 e. The van der Waals surface area contributed by atoms with E-state index in [1.807, 2.05) is 30.3 Å². The highest BCUT2D eigenvalue weighted by Crippen LogP contribution is 2.06. The molecule has 5 heteroatoms. The van der Waals surface area contributed by atoms with Crippen LogP contribution in [0.3, 0.4) is 0 Å². The predicted molar refractivity (Wildman–Crippen MR) is 75.0 cm³/mol. The van der Waals surface area contributed by atoms with E-state index in [9.17, 15) is 4.79 Å². The molecule has 0 fully saturated rings. The third kappa shape index (κ3) is 3.69.